The van der Waals surface area contributed by atoms with Crippen molar-refractivity contribution in [3.63, 3.8) is 0 Å². The van der Waals surface area contributed by atoms with E-state index in [9.17, 15) is 0 Å². The Morgan fingerprint density at radius 3 is 2.68 bits per heavy atom. The van der Waals surface area contributed by atoms with Crippen molar-refractivity contribution in [1.29, 1.82) is 0 Å². The number of nitrogens with one attached hydrogen (secondary N) is 2. The molecule has 0 amide bonds. The number of aryl methyl sites for hydroxylation is 3. The van der Waals surface area contributed by atoms with E-state index in [1.54, 1.807) is 0 Å². The van der Waals surface area contributed by atoms with Crippen LogP contribution >= 0.6 is 24.0 Å². The lowest BCUT2D eigenvalue weighted by Gasteiger charge is -2.14. The molecule has 0 spiro atoms. The quantitative estimate of drug-likeness (QED) is 0.173. The highest BCUT2D eigenvalue weighted by Gasteiger charge is 2.05. The van der Waals surface area contributed by atoms with E-state index in [0.29, 0.717) is 26.4 Å². The normalized spacial score (nSPS) is 11.2. The summed E-state index contributed by atoms with van der Waals surface area (Å²) in [6.07, 6.45) is 6.05. The highest BCUT2D eigenvalue weighted by Crippen LogP contribution is 2.21. The molecule has 1 heterocycles. The zero-order chi connectivity index (χ0) is 21.6. The molecule has 0 saturated carbocycles. The second-order valence-electron chi connectivity index (χ2n) is 7.15. The lowest BCUT2D eigenvalue weighted by atomic mass is 10.1. The van der Waals surface area contributed by atoms with Gasteiger partial charge in [-0.25, -0.2) is 9.98 Å². The number of aromatic nitrogens is 2. The molecule has 2 rings (SSSR count). The van der Waals surface area contributed by atoms with Crippen LogP contribution in [0.3, 0.4) is 0 Å². The summed E-state index contributed by atoms with van der Waals surface area (Å²) in [5.41, 5.74) is 2.25. The number of unbranched alkanes of at least 4 members (excludes halogenated alkanes) is 1. The van der Waals surface area contributed by atoms with Gasteiger partial charge in [0.05, 0.1) is 13.2 Å². The first kappa shape index (κ1) is 27.2. The Morgan fingerprint density at radius 1 is 1.13 bits per heavy atom. The topological polar surface area (TPSA) is 72.7 Å². The third-order valence-electron chi connectivity index (χ3n) is 4.71. The molecule has 31 heavy (non-hydrogen) atoms. The molecule has 174 valence electrons. The molecule has 0 atom stereocenters. The van der Waals surface area contributed by atoms with Crippen molar-refractivity contribution < 1.29 is 9.47 Å². The predicted octanol–water partition coefficient (Wildman–Crippen LogP) is 4.07. The summed E-state index contributed by atoms with van der Waals surface area (Å²) in [6.45, 7) is 13.3. The van der Waals surface area contributed by atoms with Gasteiger partial charge in [-0.15, -0.1) is 24.0 Å². The van der Waals surface area contributed by atoms with Crippen LogP contribution < -0.4 is 15.4 Å². The summed E-state index contributed by atoms with van der Waals surface area (Å²) in [5.74, 6) is 2.78. The van der Waals surface area contributed by atoms with E-state index in [0.717, 1.165) is 55.6 Å². The maximum Gasteiger partial charge on any atom is 0.191 e. The van der Waals surface area contributed by atoms with Gasteiger partial charge in [-0.05, 0) is 52.2 Å². The van der Waals surface area contributed by atoms with Crippen molar-refractivity contribution in [2.75, 3.05) is 32.9 Å². The first-order chi connectivity index (χ1) is 14.6. The molecule has 0 bridgehead atoms. The summed E-state index contributed by atoms with van der Waals surface area (Å²) in [7, 11) is 0. The molecule has 2 N–H and O–H groups in total. The second kappa shape index (κ2) is 15.9. The molecule has 0 unspecified atom stereocenters. The van der Waals surface area contributed by atoms with Crippen LogP contribution in [0.15, 0.2) is 35.6 Å². The van der Waals surface area contributed by atoms with E-state index in [4.69, 9.17) is 14.5 Å². The lowest BCUT2D eigenvalue weighted by molar-refractivity contribution is 0.110. The molecule has 0 saturated heterocycles. The van der Waals surface area contributed by atoms with E-state index >= 15 is 0 Å². The Balaban J connectivity index is 0.00000480. The number of hydrogen-bond donors (Lipinski definition) is 2. The molecular formula is C23H38IN5O2. The van der Waals surface area contributed by atoms with E-state index in [1.165, 1.54) is 5.56 Å². The van der Waals surface area contributed by atoms with Gasteiger partial charge >= 0.3 is 0 Å². The van der Waals surface area contributed by atoms with Crippen molar-refractivity contribution in [3.05, 3.63) is 47.5 Å². The predicted molar refractivity (Wildman–Crippen MR) is 138 cm³/mol. The standard InChI is InChI=1S/C23H37N5O2.HI/c1-5-24-23(26-11-7-8-13-28-14-12-25-20(28)4)27-18-21-10-9-19(3)17-22(21)30-16-15-29-6-2;/h9-10,12,14,17H,5-8,11,13,15-16,18H2,1-4H3,(H2,24,26,27);1H. The number of benzene rings is 1. The Morgan fingerprint density at radius 2 is 1.97 bits per heavy atom. The molecule has 2 aromatic rings. The summed E-state index contributed by atoms with van der Waals surface area (Å²) in [6, 6.07) is 6.25. The minimum absolute atomic E-state index is 0. The number of aliphatic imine (C=N–C) groups is 1. The van der Waals surface area contributed by atoms with E-state index in [1.807, 2.05) is 26.2 Å². The summed E-state index contributed by atoms with van der Waals surface area (Å²) in [4.78, 5) is 9.01. The van der Waals surface area contributed by atoms with Crippen molar-refractivity contribution >= 4 is 29.9 Å². The van der Waals surface area contributed by atoms with Gasteiger partial charge in [0.15, 0.2) is 5.96 Å². The molecule has 7 nitrogen and oxygen atoms in total. The number of halogens is 1. The van der Waals surface area contributed by atoms with Gasteiger partial charge in [0.25, 0.3) is 0 Å². The number of nitrogens with zero attached hydrogens (tertiary/aromatic N) is 3. The molecular weight excluding hydrogens is 505 g/mol. The van der Waals surface area contributed by atoms with Crippen LogP contribution in [0.5, 0.6) is 5.75 Å². The van der Waals surface area contributed by atoms with Crippen LogP contribution in [0.4, 0.5) is 0 Å². The summed E-state index contributed by atoms with van der Waals surface area (Å²) < 4.78 is 13.5. The first-order valence-electron chi connectivity index (χ1n) is 10.9. The fraction of sp³-hybridized carbons (Fsp3) is 0.565. The smallest absolute Gasteiger partial charge is 0.191 e. The average molecular weight is 543 g/mol. The Hall–Kier alpha value is -1.81. The Kier molecular flexibility index (Phi) is 14.0. The largest absolute Gasteiger partial charge is 0.491 e. The second-order valence-corrected chi connectivity index (χ2v) is 7.15. The van der Waals surface area contributed by atoms with Crippen LogP contribution in [0.1, 0.15) is 43.6 Å². The average Bonchev–Trinajstić information content (AvgIpc) is 3.14. The number of hydrogen-bond acceptors (Lipinski definition) is 4. The number of imidazole rings is 1. The third-order valence-corrected chi connectivity index (χ3v) is 4.71. The molecule has 1 aromatic heterocycles. The fourth-order valence-electron chi connectivity index (χ4n) is 3.04. The third kappa shape index (κ3) is 10.4. The minimum atomic E-state index is 0. The van der Waals surface area contributed by atoms with Crippen LogP contribution in [0.2, 0.25) is 0 Å². The molecule has 8 heteroatoms. The van der Waals surface area contributed by atoms with Crippen LogP contribution in [0.25, 0.3) is 0 Å². The van der Waals surface area contributed by atoms with Gasteiger partial charge in [-0.2, -0.15) is 0 Å². The van der Waals surface area contributed by atoms with E-state index < -0.39 is 0 Å². The van der Waals surface area contributed by atoms with Crippen LogP contribution in [0, 0.1) is 13.8 Å². The van der Waals surface area contributed by atoms with Gasteiger partial charge in [-0.1, -0.05) is 12.1 Å². The van der Waals surface area contributed by atoms with Crippen molar-refractivity contribution in [2.45, 2.75) is 53.6 Å². The maximum atomic E-state index is 5.93. The Labute approximate surface area is 204 Å². The SMILES string of the molecule is CCNC(=NCc1ccc(C)cc1OCCOCC)NCCCCn1ccnc1C.I. The lowest BCUT2D eigenvalue weighted by Crippen LogP contribution is -2.37. The molecule has 0 aliphatic carbocycles. The van der Waals surface area contributed by atoms with Crippen molar-refractivity contribution in [3.8, 4) is 5.75 Å². The van der Waals surface area contributed by atoms with Gasteiger partial charge < -0.3 is 24.7 Å². The van der Waals surface area contributed by atoms with Crippen LogP contribution in [-0.2, 0) is 17.8 Å². The van der Waals surface area contributed by atoms with Gasteiger partial charge in [0.1, 0.15) is 18.2 Å². The minimum Gasteiger partial charge on any atom is -0.491 e. The summed E-state index contributed by atoms with van der Waals surface area (Å²) in [5, 5.41) is 6.75. The van der Waals surface area contributed by atoms with Crippen LogP contribution in [-0.4, -0.2) is 48.4 Å². The summed E-state index contributed by atoms with van der Waals surface area (Å²) >= 11 is 0. The van der Waals surface area contributed by atoms with Gasteiger partial charge in [0, 0.05) is 44.2 Å². The molecule has 0 radical (unpaired) electrons. The van der Waals surface area contributed by atoms with Gasteiger partial charge in [-0.3, -0.25) is 0 Å². The van der Waals surface area contributed by atoms with E-state index in [2.05, 4.69) is 52.2 Å². The molecule has 1 aromatic carbocycles. The highest BCUT2D eigenvalue weighted by atomic mass is 127. The zero-order valence-corrected chi connectivity index (χ0v) is 21.6. The fourth-order valence-corrected chi connectivity index (χ4v) is 3.04. The number of rotatable bonds is 13. The van der Waals surface area contributed by atoms with Gasteiger partial charge in [0.2, 0.25) is 0 Å². The van der Waals surface area contributed by atoms with E-state index in [-0.39, 0.29) is 24.0 Å². The zero-order valence-electron chi connectivity index (χ0n) is 19.3. The number of guanidine groups is 1. The Bertz CT molecular complexity index is 779. The molecule has 0 aliphatic heterocycles. The van der Waals surface area contributed by atoms with Crippen molar-refractivity contribution in [2.24, 2.45) is 4.99 Å². The highest BCUT2D eigenvalue weighted by molar-refractivity contribution is 14.0. The molecule has 0 aliphatic rings. The first-order valence-corrected chi connectivity index (χ1v) is 10.9. The molecule has 0 fully saturated rings. The maximum absolute atomic E-state index is 5.93. The number of ether oxygens (including phenoxy) is 2. The van der Waals surface area contributed by atoms with Crippen molar-refractivity contribution in [1.82, 2.24) is 20.2 Å². The monoisotopic (exact) mass is 543 g/mol.